The molecule has 4 rings (SSSR count). The van der Waals surface area contributed by atoms with Crippen LogP contribution in [0.1, 0.15) is 30.7 Å². The highest BCUT2D eigenvalue weighted by Crippen LogP contribution is 2.32. The summed E-state index contributed by atoms with van der Waals surface area (Å²) >= 11 is 6.30. The van der Waals surface area contributed by atoms with Crippen LogP contribution in [-0.2, 0) is 13.0 Å². The molecule has 0 aliphatic carbocycles. The average molecular weight is 504 g/mol. The van der Waals surface area contributed by atoms with Gasteiger partial charge in [-0.15, -0.1) is 0 Å². The molecule has 0 saturated carbocycles. The Morgan fingerprint density at radius 2 is 1.64 bits per heavy atom. The number of aryl methyl sites for hydroxylation is 1. The summed E-state index contributed by atoms with van der Waals surface area (Å²) in [5.41, 5.74) is 3.84. The maximum absolute atomic E-state index is 10.9. The van der Waals surface area contributed by atoms with E-state index in [9.17, 15) is 5.11 Å². The largest absolute Gasteiger partial charge is 0.439 e. The molecule has 5 nitrogen and oxygen atoms in total. The fourth-order valence-electron chi connectivity index (χ4n) is 4.40. The van der Waals surface area contributed by atoms with E-state index in [1.165, 1.54) is 0 Å². The molecule has 1 aromatic heterocycles. The molecule has 0 spiro atoms. The van der Waals surface area contributed by atoms with Crippen LogP contribution < -0.4 is 4.74 Å². The maximum Gasteiger partial charge on any atom is 0.227 e. The van der Waals surface area contributed by atoms with Crippen molar-refractivity contribution in [3.63, 3.8) is 0 Å². The van der Waals surface area contributed by atoms with Gasteiger partial charge in [-0.3, -0.25) is 4.90 Å². The van der Waals surface area contributed by atoms with E-state index in [4.69, 9.17) is 21.4 Å². The summed E-state index contributed by atoms with van der Waals surface area (Å²) in [6.45, 7) is 8.40. The highest BCUT2D eigenvalue weighted by atomic mass is 35.5. The molecule has 0 fully saturated rings. The molecule has 6 heteroatoms. The zero-order valence-corrected chi connectivity index (χ0v) is 21.9. The number of benzene rings is 3. The smallest absolute Gasteiger partial charge is 0.227 e. The van der Waals surface area contributed by atoms with Crippen LogP contribution in [0.25, 0.3) is 5.69 Å². The molecule has 0 radical (unpaired) electrons. The summed E-state index contributed by atoms with van der Waals surface area (Å²) in [5, 5.41) is 16.4. The van der Waals surface area contributed by atoms with Crippen molar-refractivity contribution in [1.29, 1.82) is 0 Å². The molecule has 1 heterocycles. The van der Waals surface area contributed by atoms with Crippen molar-refractivity contribution in [1.82, 2.24) is 14.7 Å². The molecular formula is C30H34ClN3O2. The lowest BCUT2D eigenvalue weighted by Gasteiger charge is -2.27. The zero-order valence-electron chi connectivity index (χ0n) is 21.1. The van der Waals surface area contributed by atoms with Gasteiger partial charge in [-0.1, -0.05) is 80.0 Å². The Balaban J connectivity index is 1.65. The first-order valence-electron chi connectivity index (χ1n) is 12.4. The Kier molecular flexibility index (Phi) is 8.81. The fraction of sp³-hybridized carbons (Fsp3) is 0.300. The SMILES string of the molecule is Cc1nn(-c2cccc(Cl)c2)c(Oc2ccccc2)c1CN(CC(C)C)C[C@H](O)Cc1ccccc1. The number of aliphatic hydroxyl groups is 1. The second-order valence-electron chi connectivity index (χ2n) is 9.61. The van der Waals surface area contributed by atoms with Gasteiger partial charge in [0.05, 0.1) is 23.0 Å². The van der Waals surface area contributed by atoms with Crippen LogP contribution in [-0.4, -0.2) is 39.0 Å². The van der Waals surface area contributed by atoms with Gasteiger partial charge in [-0.05, 0) is 55.2 Å². The van der Waals surface area contributed by atoms with Crippen molar-refractivity contribution >= 4 is 11.6 Å². The number of para-hydroxylation sites is 1. The van der Waals surface area contributed by atoms with Gasteiger partial charge in [0.15, 0.2) is 0 Å². The van der Waals surface area contributed by atoms with Crippen molar-refractivity contribution in [2.75, 3.05) is 13.1 Å². The van der Waals surface area contributed by atoms with E-state index in [0.29, 0.717) is 36.3 Å². The number of rotatable bonds is 11. The summed E-state index contributed by atoms with van der Waals surface area (Å²) in [5.74, 6) is 1.84. The average Bonchev–Trinajstić information content (AvgIpc) is 3.14. The number of halogens is 1. The summed E-state index contributed by atoms with van der Waals surface area (Å²) < 4.78 is 8.25. The van der Waals surface area contributed by atoms with Crippen molar-refractivity contribution in [3.05, 3.63) is 107 Å². The molecule has 3 aromatic carbocycles. The Bertz CT molecular complexity index is 1240. The van der Waals surface area contributed by atoms with Gasteiger partial charge in [0.25, 0.3) is 0 Å². The standard InChI is InChI=1S/C30H34ClN3O2/c1-22(2)19-33(20-27(35)17-24-11-6-4-7-12-24)21-29-23(3)32-34(26-14-10-13-25(31)18-26)30(29)36-28-15-8-5-9-16-28/h4-16,18,22,27,35H,17,19-21H2,1-3H3/t27-/m1/s1. The molecule has 0 amide bonds. The molecule has 188 valence electrons. The summed E-state index contributed by atoms with van der Waals surface area (Å²) in [7, 11) is 0. The van der Waals surface area contributed by atoms with Crippen molar-refractivity contribution in [3.8, 4) is 17.3 Å². The van der Waals surface area contributed by atoms with Gasteiger partial charge < -0.3 is 9.84 Å². The zero-order chi connectivity index (χ0) is 25.5. The van der Waals surface area contributed by atoms with E-state index >= 15 is 0 Å². The molecule has 36 heavy (non-hydrogen) atoms. The number of aliphatic hydroxyl groups excluding tert-OH is 1. The monoisotopic (exact) mass is 503 g/mol. The third-order valence-corrected chi connectivity index (χ3v) is 6.17. The highest BCUT2D eigenvalue weighted by Gasteiger charge is 2.23. The van der Waals surface area contributed by atoms with Crippen LogP contribution >= 0.6 is 11.6 Å². The second kappa shape index (κ2) is 12.2. The number of nitrogens with zero attached hydrogens (tertiary/aromatic N) is 3. The summed E-state index contributed by atoms with van der Waals surface area (Å²) in [4.78, 5) is 2.29. The van der Waals surface area contributed by atoms with Crippen LogP contribution in [0, 0.1) is 12.8 Å². The van der Waals surface area contributed by atoms with Crippen LogP contribution in [0.4, 0.5) is 0 Å². The normalized spacial score (nSPS) is 12.3. The van der Waals surface area contributed by atoms with Crippen LogP contribution in [0.2, 0.25) is 5.02 Å². The first kappa shape index (κ1) is 26.0. The van der Waals surface area contributed by atoms with E-state index in [0.717, 1.165) is 34.8 Å². The number of hydrogen-bond acceptors (Lipinski definition) is 4. The molecule has 1 atom stereocenters. The minimum atomic E-state index is -0.479. The summed E-state index contributed by atoms with van der Waals surface area (Å²) in [6.07, 6.45) is 0.136. The predicted molar refractivity (Wildman–Crippen MR) is 146 cm³/mol. The number of ether oxygens (including phenoxy) is 1. The van der Waals surface area contributed by atoms with Crippen LogP contribution in [0.3, 0.4) is 0 Å². The lowest BCUT2D eigenvalue weighted by atomic mass is 10.1. The third-order valence-electron chi connectivity index (χ3n) is 5.94. The Labute approximate surface area is 218 Å². The lowest BCUT2D eigenvalue weighted by molar-refractivity contribution is 0.101. The van der Waals surface area contributed by atoms with Crippen LogP contribution in [0.15, 0.2) is 84.9 Å². The highest BCUT2D eigenvalue weighted by molar-refractivity contribution is 6.30. The van der Waals surface area contributed by atoms with E-state index in [1.54, 1.807) is 0 Å². The molecule has 1 N–H and O–H groups in total. The van der Waals surface area contributed by atoms with Gasteiger partial charge in [-0.25, -0.2) is 4.68 Å². The van der Waals surface area contributed by atoms with Crippen molar-refractivity contribution in [2.24, 2.45) is 5.92 Å². The van der Waals surface area contributed by atoms with Crippen LogP contribution in [0.5, 0.6) is 11.6 Å². The molecule has 0 bridgehead atoms. The Morgan fingerprint density at radius 1 is 0.944 bits per heavy atom. The summed E-state index contributed by atoms with van der Waals surface area (Å²) in [6, 6.07) is 27.5. The van der Waals surface area contributed by atoms with Crippen molar-refractivity contribution in [2.45, 2.75) is 39.8 Å². The molecular weight excluding hydrogens is 470 g/mol. The number of hydrogen-bond donors (Lipinski definition) is 1. The van der Waals surface area contributed by atoms with Crippen molar-refractivity contribution < 1.29 is 9.84 Å². The molecule has 0 saturated heterocycles. The minimum absolute atomic E-state index is 0.440. The van der Waals surface area contributed by atoms with Gasteiger partial charge >= 0.3 is 0 Å². The predicted octanol–water partition coefficient (Wildman–Crippen LogP) is 6.69. The lowest BCUT2D eigenvalue weighted by Crippen LogP contribution is -2.35. The molecule has 0 aliphatic heterocycles. The van der Waals surface area contributed by atoms with Gasteiger partial charge in [-0.2, -0.15) is 5.10 Å². The number of aromatic nitrogens is 2. The topological polar surface area (TPSA) is 50.5 Å². The second-order valence-corrected chi connectivity index (χ2v) is 10.0. The van der Waals surface area contributed by atoms with Gasteiger partial charge in [0, 0.05) is 24.7 Å². The van der Waals surface area contributed by atoms with Gasteiger partial charge in [0.2, 0.25) is 5.88 Å². The first-order valence-corrected chi connectivity index (χ1v) is 12.8. The van der Waals surface area contributed by atoms with E-state index < -0.39 is 6.10 Å². The Hall–Kier alpha value is -3.12. The van der Waals surface area contributed by atoms with E-state index in [1.807, 2.05) is 84.4 Å². The fourth-order valence-corrected chi connectivity index (χ4v) is 4.59. The quantitative estimate of drug-likeness (QED) is 0.248. The third kappa shape index (κ3) is 6.97. The maximum atomic E-state index is 10.9. The molecule has 0 aliphatic rings. The van der Waals surface area contributed by atoms with E-state index in [-0.39, 0.29) is 0 Å². The minimum Gasteiger partial charge on any atom is -0.439 e. The molecule has 0 unspecified atom stereocenters. The first-order chi connectivity index (χ1) is 17.4. The Morgan fingerprint density at radius 3 is 2.31 bits per heavy atom. The molecule has 4 aromatic rings. The van der Waals surface area contributed by atoms with Gasteiger partial charge in [0.1, 0.15) is 5.75 Å². The van der Waals surface area contributed by atoms with E-state index in [2.05, 4.69) is 30.9 Å².